The lowest BCUT2D eigenvalue weighted by Crippen LogP contribution is -2.41. The number of hydrogen-bond donors (Lipinski definition) is 0. The van der Waals surface area contributed by atoms with E-state index in [1.165, 1.54) is 0 Å². The van der Waals surface area contributed by atoms with E-state index in [-0.39, 0.29) is 24.4 Å². The number of aromatic nitrogens is 1. The third-order valence-electron chi connectivity index (χ3n) is 6.95. The summed E-state index contributed by atoms with van der Waals surface area (Å²) in [5, 5.41) is 0. The van der Waals surface area contributed by atoms with E-state index in [2.05, 4.69) is 81.2 Å². The quantitative estimate of drug-likeness (QED) is 0.319. The summed E-state index contributed by atoms with van der Waals surface area (Å²) in [6.45, 7) is 8.26. The van der Waals surface area contributed by atoms with Gasteiger partial charge in [-0.15, -0.1) is 0 Å². The Balaban J connectivity index is 1.44. The van der Waals surface area contributed by atoms with Gasteiger partial charge in [-0.05, 0) is 62.0 Å². The lowest BCUT2D eigenvalue weighted by atomic mass is 9.78. The second-order valence-corrected chi connectivity index (χ2v) is 9.89. The van der Waals surface area contributed by atoms with E-state index in [1.54, 1.807) is 6.20 Å². The minimum absolute atomic E-state index is 0.268. The van der Waals surface area contributed by atoms with Crippen LogP contribution in [0.2, 0.25) is 0 Å². The normalized spacial score (nSPS) is 16.4. The average Bonchev–Trinajstić information content (AvgIpc) is 3.10. The summed E-state index contributed by atoms with van der Waals surface area (Å²) in [7, 11) is -0.390. The van der Waals surface area contributed by atoms with Gasteiger partial charge in [0.05, 0.1) is 11.2 Å². The fraction of sp³-hybridized carbons (Fsp3) is 0.233. The molecule has 0 saturated carbocycles. The van der Waals surface area contributed by atoms with Crippen LogP contribution in [0, 0.1) is 0 Å². The van der Waals surface area contributed by atoms with Crippen LogP contribution in [-0.2, 0) is 9.31 Å². The molecule has 1 aromatic heterocycles. The zero-order valence-corrected chi connectivity index (χ0v) is 20.6. The number of hydrogen-bond acceptors (Lipinski definition) is 4. The summed E-state index contributed by atoms with van der Waals surface area (Å²) in [6.07, 6.45) is 1.50. The zero-order valence-electron chi connectivity index (χ0n) is 20.6. The van der Waals surface area contributed by atoms with Crippen molar-refractivity contribution < 1.29 is 14.0 Å². The van der Waals surface area contributed by atoms with Crippen molar-refractivity contribution in [1.82, 2.24) is 4.98 Å². The van der Waals surface area contributed by atoms with E-state index in [4.69, 9.17) is 14.0 Å². The zero-order chi connectivity index (χ0) is 24.5. The molecule has 0 radical (unpaired) electrons. The maximum Gasteiger partial charge on any atom is 0.494 e. The van der Waals surface area contributed by atoms with Crippen LogP contribution in [0.25, 0.3) is 11.1 Å². The highest BCUT2D eigenvalue weighted by Crippen LogP contribution is 2.37. The second-order valence-electron chi connectivity index (χ2n) is 9.89. The Kier molecular flexibility index (Phi) is 6.22. The molecule has 0 bridgehead atoms. The topological polar surface area (TPSA) is 40.6 Å². The summed E-state index contributed by atoms with van der Waals surface area (Å²) in [5.41, 5.74) is 4.36. The highest BCUT2D eigenvalue weighted by Gasteiger charge is 2.51. The van der Waals surface area contributed by atoms with Gasteiger partial charge in [-0.1, -0.05) is 84.9 Å². The maximum absolute atomic E-state index is 6.60. The molecule has 1 aliphatic heterocycles. The smallest absolute Gasteiger partial charge is 0.464 e. The monoisotopic (exact) mass is 463 g/mol. The average molecular weight is 463 g/mol. The molecule has 0 atom stereocenters. The Morgan fingerprint density at radius 2 is 1.23 bits per heavy atom. The number of pyridine rings is 1. The molecular weight excluding hydrogens is 433 g/mol. The van der Waals surface area contributed by atoms with Crippen LogP contribution in [0.5, 0.6) is 5.88 Å². The van der Waals surface area contributed by atoms with E-state index < -0.39 is 0 Å². The highest BCUT2D eigenvalue weighted by atomic mass is 16.7. The minimum Gasteiger partial charge on any atom is -0.464 e. The molecule has 176 valence electrons. The molecule has 0 amide bonds. The van der Waals surface area contributed by atoms with Gasteiger partial charge in [-0.2, -0.15) is 0 Å². The SMILES string of the molecule is CC1(C)OB(c2ccc(-c3cccnc3OC(c3ccccc3)c3ccccc3)cc2)OC1(C)C. The predicted molar refractivity (Wildman–Crippen MR) is 141 cm³/mol. The van der Waals surface area contributed by atoms with E-state index >= 15 is 0 Å². The van der Waals surface area contributed by atoms with Crippen LogP contribution in [0.3, 0.4) is 0 Å². The van der Waals surface area contributed by atoms with Gasteiger partial charge in [0.25, 0.3) is 0 Å². The molecule has 4 nitrogen and oxygen atoms in total. The summed E-state index contributed by atoms with van der Waals surface area (Å²) >= 11 is 0. The molecule has 5 heteroatoms. The van der Waals surface area contributed by atoms with Gasteiger partial charge in [0.1, 0.15) is 0 Å². The number of rotatable bonds is 6. The maximum atomic E-state index is 6.60. The fourth-order valence-corrected chi connectivity index (χ4v) is 4.20. The fourth-order valence-electron chi connectivity index (χ4n) is 4.20. The van der Waals surface area contributed by atoms with Crippen molar-refractivity contribution in [3.05, 3.63) is 114 Å². The van der Waals surface area contributed by atoms with Crippen LogP contribution >= 0.6 is 0 Å². The van der Waals surface area contributed by atoms with Crippen molar-refractivity contribution in [3.63, 3.8) is 0 Å². The second kappa shape index (κ2) is 9.33. The Hall–Kier alpha value is -3.41. The first kappa shape index (κ1) is 23.3. The van der Waals surface area contributed by atoms with Crippen LogP contribution in [0.4, 0.5) is 0 Å². The molecule has 0 spiro atoms. The molecule has 1 fully saturated rings. The van der Waals surface area contributed by atoms with E-state index in [0.717, 1.165) is 27.7 Å². The molecule has 1 aliphatic rings. The first-order valence-corrected chi connectivity index (χ1v) is 12.0. The van der Waals surface area contributed by atoms with Gasteiger partial charge in [0.15, 0.2) is 6.10 Å². The van der Waals surface area contributed by atoms with Gasteiger partial charge >= 0.3 is 7.12 Å². The largest absolute Gasteiger partial charge is 0.494 e. The van der Waals surface area contributed by atoms with Crippen molar-refractivity contribution in [2.45, 2.75) is 45.0 Å². The minimum atomic E-state index is -0.390. The first-order chi connectivity index (χ1) is 16.8. The molecule has 5 rings (SSSR count). The molecule has 2 heterocycles. The number of benzene rings is 3. The standard InChI is InChI=1S/C30H30BNO3/c1-29(2)30(3,4)35-31(34-29)25-19-17-22(18-20-25)26-16-11-21-32-28(26)33-27(23-12-7-5-8-13-23)24-14-9-6-10-15-24/h5-21,27H,1-4H3. The van der Waals surface area contributed by atoms with Gasteiger partial charge in [-0.3, -0.25) is 0 Å². The molecule has 4 aromatic rings. The van der Waals surface area contributed by atoms with E-state index in [9.17, 15) is 0 Å². The number of ether oxygens (including phenoxy) is 1. The molecular formula is C30H30BNO3. The summed E-state index contributed by atoms with van der Waals surface area (Å²) in [5.74, 6) is 0.591. The molecule has 0 unspecified atom stereocenters. The Morgan fingerprint density at radius 3 is 1.77 bits per heavy atom. The van der Waals surface area contributed by atoms with Gasteiger partial charge in [0, 0.05) is 11.8 Å². The van der Waals surface area contributed by atoms with Crippen molar-refractivity contribution in [2.24, 2.45) is 0 Å². The number of nitrogens with zero attached hydrogens (tertiary/aromatic N) is 1. The Bertz CT molecular complexity index is 1220. The van der Waals surface area contributed by atoms with Crippen LogP contribution in [0.1, 0.15) is 44.9 Å². The summed E-state index contributed by atoms with van der Waals surface area (Å²) in [4.78, 5) is 4.61. The van der Waals surface area contributed by atoms with Gasteiger partial charge in [0.2, 0.25) is 5.88 Å². The summed E-state index contributed by atoms with van der Waals surface area (Å²) < 4.78 is 19.0. The Labute approximate surface area is 208 Å². The van der Waals surface area contributed by atoms with Crippen LogP contribution in [0.15, 0.2) is 103 Å². The van der Waals surface area contributed by atoms with E-state index in [1.807, 2.05) is 48.5 Å². The first-order valence-electron chi connectivity index (χ1n) is 12.0. The lowest BCUT2D eigenvalue weighted by Gasteiger charge is -2.32. The van der Waals surface area contributed by atoms with Crippen molar-refractivity contribution >= 4 is 12.6 Å². The van der Waals surface area contributed by atoms with Crippen molar-refractivity contribution in [3.8, 4) is 17.0 Å². The van der Waals surface area contributed by atoms with E-state index in [0.29, 0.717) is 5.88 Å². The van der Waals surface area contributed by atoms with Crippen LogP contribution < -0.4 is 10.2 Å². The molecule has 35 heavy (non-hydrogen) atoms. The highest BCUT2D eigenvalue weighted by molar-refractivity contribution is 6.62. The summed E-state index contributed by atoms with van der Waals surface area (Å²) in [6, 6.07) is 32.7. The molecule has 3 aromatic carbocycles. The molecule has 0 aliphatic carbocycles. The predicted octanol–water partition coefficient (Wildman–Crippen LogP) is 6.22. The molecule has 0 N–H and O–H groups in total. The Morgan fingerprint density at radius 1 is 0.686 bits per heavy atom. The lowest BCUT2D eigenvalue weighted by molar-refractivity contribution is 0.00578. The third-order valence-corrected chi connectivity index (χ3v) is 6.95. The van der Waals surface area contributed by atoms with Gasteiger partial charge in [-0.25, -0.2) is 4.98 Å². The van der Waals surface area contributed by atoms with Crippen molar-refractivity contribution in [1.29, 1.82) is 0 Å². The van der Waals surface area contributed by atoms with Crippen molar-refractivity contribution in [2.75, 3.05) is 0 Å². The van der Waals surface area contributed by atoms with Crippen LogP contribution in [-0.4, -0.2) is 23.3 Å². The third kappa shape index (κ3) is 4.75. The molecule has 1 saturated heterocycles. The van der Waals surface area contributed by atoms with Gasteiger partial charge < -0.3 is 14.0 Å².